The van der Waals surface area contributed by atoms with E-state index < -0.39 is 5.92 Å². The monoisotopic (exact) mass is 182 g/mol. The first kappa shape index (κ1) is 12.1. The Kier molecular flexibility index (Phi) is 4.60. The van der Waals surface area contributed by atoms with E-state index in [9.17, 15) is 9.59 Å². The fourth-order valence-corrected chi connectivity index (χ4v) is 1.65. The van der Waals surface area contributed by atoms with Crippen molar-refractivity contribution >= 4 is 11.6 Å². The Labute approximate surface area is 80.0 Å². The third-order valence-corrected chi connectivity index (χ3v) is 2.00. The summed E-state index contributed by atoms with van der Waals surface area (Å²) in [6, 6.07) is 0. The van der Waals surface area contributed by atoms with Crippen molar-refractivity contribution in [3.05, 3.63) is 11.6 Å². The van der Waals surface area contributed by atoms with E-state index in [0.717, 1.165) is 5.57 Å². The molecule has 1 unspecified atom stereocenters. The second-order valence-corrected chi connectivity index (χ2v) is 3.80. The van der Waals surface area contributed by atoms with Crippen LogP contribution in [-0.2, 0) is 9.59 Å². The van der Waals surface area contributed by atoms with Gasteiger partial charge < -0.3 is 0 Å². The molecular weight excluding hydrogens is 164 g/mol. The van der Waals surface area contributed by atoms with Crippen LogP contribution in [0.3, 0.4) is 0 Å². The van der Waals surface area contributed by atoms with Gasteiger partial charge in [0, 0.05) is 0 Å². The summed E-state index contributed by atoms with van der Waals surface area (Å²) in [5, 5.41) is 0. The minimum atomic E-state index is -0.463. The predicted molar refractivity (Wildman–Crippen MR) is 53.4 cm³/mol. The van der Waals surface area contributed by atoms with E-state index in [1.807, 2.05) is 26.8 Å². The number of hydrogen-bond donors (Lipinski definition) is 0. The van der Waals surface area contributed by atoms with Crippen LogP contribution in [0.1, 0.15) is 34.6 Å². The number of hydrogen-bond acceptors (Lipinski definition) is 2. The zero-order valence-electron chi connectivity index (χ0n) is 9.05. The van der Waals surface area contributed by atoms with Crippen LogP contribution in [0.5, 0.6) is 0 Å². The first-order valence-electron chi connectivity index (χ1n) is 4.52. The van der Waals surface area contributed by atoms with Crippen LogP contribution in [0.2, 0.25) is 0 Å². The van der Waals surface area contributed by atoms with Gasteiger partial charge in [0.05, 0.1) is 5.92 Å². The second-order valence-electron chi connectivity index (χ2n) is 3.80. The molecule has 0 aliphatic carbocycles. The van der Waals surface area contributed by atoms with Gasteiger partial charge in [-0.15, -0.1) is 0 Å². The minimum Gasteiger partial charge on any atom is -0.299 e. The average Bonchev–Trinajstić information content (AvgIpc) is 1.81. The Morgan fingerprint density at radius 2 is 1.38 bits per heavy atom. The number of carbonyl (C=O) groups is 2. The maximum absolute atomic E-state index is 11.2. The molecule has 0 aliphatic heterocycles. The molecule has 0 spiro atoms. The maximum Gasteiger partial charge on any atom is 0.140 e. The number of rotatable bonds is 4. The van der Waals surface area contributed by atoms with Crippen LogP contribution >= 0.6 is 0 Å². The highest BCUT2D eigenvalue weighted by Gasteiger charge is 2.24. The highest BCUT2D eigenvalue weighted by Crippen LogP contribution is 2.17. The molecular formula is C11H18O2. The Morgan fingerprint density at radius 3 is 1.62 bits per heavy atom. The van der Waals surface area contributed by atoms with Gasteiger partial charge >= 0.3 is 0 Å². The van der Waals surface area contributed by atoms with Gasteiger partial charge in [-0.2, -0.15) is 0 Å². The van der Waals surface area contributed by atoms with E-state index in [2.05, 4.69) is 0 Å². The molecule has 0 aromatic heterocycles. The van der Waals surface area contributed by atoms with Gasteiger partial charge in [-0.1, -0.05) is 18.6 Å². The summed E-state index contributed by atoms with van der Waals surface area (Å²) in [7, 11) is 0. The smallest absolute Gasteiger partial charge is 0.140 e. The van der Waals surface area contributed by atoms with Gasteiger partial charge in [-0.25, -0.2) is 0 Å². The topological polar surface area (TPSA) is 34.1 Å². The summed E-state index contributed by atoms with van der Waals surface area (Å²) in [6.07, 6.45) is 1.97. The van der Waals surface area contributed by atoms with Crippen LogP contribution in [0.15, 0.2) is 11.6 Å². The van der Waals surface area contributed by atoms with E-state index in [0.29, 0.717) is 0 Å². The molecule has 0 heterocycles. The molecule has 0 N–H and O–H groups in total. The lowest BCUT2D eigenvalue weighted by Crippen LogP contribution is -2.25. The van der Waals surface area contributed by atoms with Gasteiger partial charge in [0.1, 0.15) is 11.6 Å². The lowest BCUT2D eigenvalue weighted by Gasteiger charge is -2.15. The third kappa shape index (κ3) is 4.02. The van der Waals surface area contributed by atoms with Crippen molar-refractivity contribution in [1.29, 1.82) is 0 Å². The summed E-state index contributed by atoms with van der Waals surface area (Å²) in [4.78, 5) is 22.3. The molecule has 0 rings (SSSR count). The SMILES string of the molecule is CC(=O)C(C(C)=O)C(C)C=C(C)C. The number of carbonyl (C=O) groups excluding carboxylic acids is 2. The van der Waals surface area contributed by atoms with Crippen LogP contribution in [-0.4, -0.2) is 11.6 Å². The standard InChI is InChI=1S/C11H18O2/c1-7(2)6-8(3)11(9(4)12)10(5)13/h6,8,11H,1-5H3. The van der Waals surface area contributed by atoms with Crippen molar-refractivity contribution in [3.8, 4) is 0 Å². The predicted octanol–water partition coefficient (Wildman–Crippen LogP) is 2.38. The van der Waals surface area contributed by atoms with Crippen LogP contribution in [0.25, 0.3) is 0 Å². The molecule has 0 saturated heterocycles. The summed E-state index contributed by atoms with van der Waals surface area (Å²) >= 11 is 0. The zero-order chi connectivity index (χ0) is 10.6. The van der Waals surface area contributed by atoms with Crippen LogP contribution in [0, 0.1) is 11.8 Å². The van der Waals surface area contributed by atoms with Gasteiger partial charge in [0.2, 0.25) is 0 Å². The zero-order valence-corrected chi connectivity index (χ0v) is 9.05. The molecule has 0 saturated carbocycles. The number of allylic oxidation sites excluding steroid dienone is 2. The maximum atomic E-state index is 11.2. The first-order valence-corrected chi connectivity index (χ1v) is 4.52. The molecule has 0 bridgehead atoms. The Hall–Kier alpha value is -0.920. The molecule has 0 amide bonds. The van der Waals surface area contributed by atoms with Gasteiger partial charge in [0.15, 0.2) is 0 Å². The molecule has 2 nitrogen and oxygen atoms in total. The van der Waals surface area contributed by atoms with Gasteiger partial charge in [-0.3, -0.25) is 9.59 Å². The quantitative estimate of drug-likeness (QED) is 0.494. The molecule has 0 radical (unpaired) electrons. The molecule has 0 aliphatic rings. The Balaban J connectivity index is 4.66. The van der Waals surface area contributed by atoms with Crippen molar-refractivity contribution in [2.75, 3.05) is 0 Å². The fraction of sp³-hybridized carbons (Fsp3) is 0.636. The second kappa shape index (κ2) is 4.95. The van der Waals surface area contributed by atoms with Crippen molar-refractivity contribution < 1.29 is 9.59 Å². The van der Waals surface area contributed by atoms with Crippen molar-refractivity contribution in [2.24, 2.45) is 11.8 Å². The van der Waals surface area contributed by atoms with E-state index >= 15 is 0 Å². The lowest BCUT2D eigenvalue weighted by atomic mass is 9.86. The fourth-order valence-electron chi connectivity index (χ4n) is 1.65. The van der Waals surface area contributed by atoms with Gasteiger partial charge in [0.25, 0.3) is 0 Å². The van der Waals surface area contributed by atoms with Crippen molar-refractivity contribution in [3.63, 3.8) is 0 Å². The number of ketones is 2. The highest BCUT2D eigenvalue weighted by atomic mass is 16.1. The third-order valence-electron chi connectivity index (χ3n) is 2.00. The molecule has 74 valence electrons. The van der Waals surface area contributed by atoms with Crippen molar-refractivity contribution in [1.82, 2.24) is 0 Å². The number of Topliss-reactive ketones (excluding diaryl/α,β-unsaturated/α-hetero) is 2. The normalized spacial score (nSPS) is 12.5. The molecule has 0 fully saturated rings. The van der Waals surface area contributed by atoms with Gasteiger partial charge in [-0.05, 0) is 33.6 Å². The molecule has 0 aromatic rings. The average molecular weight is 182 g/mol. The summed E-state index contributed by atoms with van der Waals surface area (Å²) in [6.45, 7) is 8.78. The van der Waals surface area contributed by atoms with E-state index in [1.165, 1.54) is 13.8 Å². The van der Waals surface area contributed by atoms with Crippen LogP contribution in [0.4, 0.5) is 0 Å². The largest absolute Gasteiger partial charge is 0.299 e. The Morgan fingerprint density at radius 1 is 1.00 bits per heavy atom. The van der Waals surface area contributed by atoms with E-state index in [-0.39, 0.29) is 17.5 Å². The van der Waals surface area contributed by atoms with Crippen LogP contribution < -0.4 is 0 Å². The minimum absolute atomic E-state index is 0.0139. The molecule has 2 heteroatoms. The molecule has 0 aromatic carbocycles. The Bertz CT molecular complexity index is 220. The molecule has 13 heavy (non-hydrogen) atoms. The summed E-state index contributed by atoms with van der Waals surface area (Å²) in [5.41, 5.74) is 1.14. The summed E-state index contributed by atoms with van der Waals surface area (Å²) < 4.78 is 0. The van der Waals surface area contributed by atoms with Crippen molar-refractivity contribution in [2.45, 2.75) is 34.6 Å². The lowest BCUT2D eigenvalue weighted by molar-refractivity contribution is -0.131. The van der Waals surface area contributed by atoms with E-state index in [1.54, 1.807) is 0 Å². The molecule has 1 atom stereocenters. The summed E-state index contributed by atoms with van der Waals surface area (Å²) in [5.74, 6) is -0.537. The highest BCUT2D eigenvalue weighted by molar-refractivity contribution is 6.00. The first-order chi connectivity index (χ1) is 5.86. The van der Waals surface area contributed by atoms with E-state index in [4.69, 9.17) is 0 Å².